The molecule has 0 aromatic rings. The van der Waals surface area contributed by atoms with E-state index in [1.165, 1.54) is 0 Å². The molecule has 0 atom stereocenters. The van der Waals surface area contributed by atoms with Gasteiger partial charge in [0.25, 0.3) is 0 Å². The molecule has 64 valence electrons. The molecule has 0 fully saturated rings. The predicted octanol–water partition coefficient (Wildman–Crippen LogP) is -2.49. The van der Waals surface area contributed by atoms with Gasteiger partial charge in [-0.3, -0.25) is 0 Å². The summed E-state index contributed by atoms with van der Waals surface area (Å²) in [5, 5.41) is 0. The van der Waals surface area contributed by atoms with Crippen LogP contribution >= 0.6 is 0 Å². The molecular weight excluding hydrogens is 232 g/mol. The zero-order valence-electron chi connectivity index (χ0n) is 4.25. The van der Waals surface area contributed by atoms with Gasteiger partial charge in [0, 0.05) is 0 Å². The Morgan fingerprint density at radius 1 is 0.900 bits per heavy atom. The molecule has 0 aromatic carbocycles. The van der Waals surface area contributed by atoms with Crippen LogP contribution in [0.15, 0.2) is 0 Å². The van der Waals surface area contributed by atoms with Gasteiger partial charge in [-0.15, -0.1) is 0 Å². The van der Waals surface area contributed by atoms with Gasteiger partial charge in [-0.05, 0) is 0 Å². The van der Waals surface area contributed by atoms with E-state index in [1.54, 1.807) is 0 Å². The Kier molecular flexibility index (Phi) is 4.44. The zero-order chi connectivity index (χ0) is 7.71. The maximum atomic E-state index is 9.53. The normalized spacial score (nSPS) is 12.2. The van der Waals surface area contributed by atoms with E-state index in [9.17, 15) is 15.2 Å². The fourth-order valence-corrected chi connectivity index (χ4v) is 1.85. The van der Waals surface area contributed by atoms with Crippen LogP contribution in [0.2, 0.25) is 0 Å². The molecule has 10 heteroatoms. The van der Waals surface area contributed by atoms with Crippen LogP contribution in [0.4, 0.5) is 0 Å². The Bertz CT molecular complexity index is 232. The molecule has 0 aliphatic heterocycles. The van der Waals surface area contributed by atoms with Crippen molar-refractivity contribution in [3.63, 3.8) is 0 Å². The van der Waals surface area contributed by atoms with Gasteiger partial charge in [0.05, 0.1) is 0 Å². The van der Waals surface area contributed by atoms with Gasteiger partial charge < -0.3 is 5.48 Å². The molecule has 0 heterocycles. The summed E-state index contributed by atoms with van der Waals surface area (Å²) in [4.78, 5) is 0. The van der Waals surface area contributed by atoms with Crippen molar-refractivity contribution in [2.24, 2.45) is 0 Å². The standard InChI is InChI=1S/2Cr.3H2O.5O/h;;3*1H2;;;;;/q2*+1;;;;;;;;/p-2. The van der Waals surface area contributed by atoms with Crippen LogP contribution in [0.25, 0.3) is 0 Å². The third-order valence-electron chi connectivity index (χ3n) is 0.172. The van der Waals surface area contributed by atoms with E-state index in [0.29, 0.717) is 0 Å². The second-order valence-corrected chi connectivity index (χ2v) is 4.68. The summed E-state index contributed by atoms with van der Waals surface area (Å²) in [5.41, 5.74) is 0. The molecule has 0 rings (SSSR count). The van der Waals surface area contributed by atoms with E-state index in [2.05, 4.69) is 2.84 Å². The minimum absolute atomic E-state index is 0. The van der Waals surface area contributed by atoms with Gasteiger partial charge in [-0.1, -0.05) is 0 Å². The molecule has 8 nitrogen and oxygen atoms in total. The number of rotatable bonds is 2. The van der Waals surface area contributed by atoms with Crippen molar-refractivity contribution in [3.05, 3.63) is 0 Å². The molecule has 0 radical (unpaired) electrons. The number of hydrogen-bond donors (Lipinski definition) is 2. The average molecular weight is 236 g/mol. The molecule has 0 spiro atoms. The van der Waals surface area contributed by atoms with Crippen LogP contribution in [0, 0.1) is 0 Å². The van der Waals surface area contributed by atoms with E-state index in [1.807, 2.05) is 0 Å². The average Bonchev–Trinajstić information content (AvgIpc) is 1.14. The van der Waals surface area contributed by atoms with Crippen molar-refractivity contribution in [2.75, 3.05) is 0 Å². The van der Waals surface area contributed by atoms with Crippen molar-refractivity contribution in [2.45, 2.75) is 0 Å². The zero-order valence-corrected chi connectivity index (χ0v) is 6.80. The van der Waals surface area contributed by atoms with Crippen molar-refractivity contribution in [1.82, 2.24) is 0 Å². The van der Waals surface area contributed by atoms with Crippen LogP contribution in [0.5, 0.6) is 0 Å². The van der Waals surface area contributed by atoms with Crippen LogP contribution in [-0.4, -0.2) is 13.8 Å². The van der Waals surface area contributed by atoms with Gasteiger partial charge in [-0.25, -0.2) is 0 Å². The molecule has 0 amide bonds. The Hall–Kier alpha value is 0.105. The molecule has 0 saturated carbocycles. The monoisotopic (exact) mass is 236 g/mol. The Labute approximate surface area is 59.5 Å². The van der Waals surface area contributed by atoms with Gasteiger partial charge in [0.2, 0.25) is 0 Å². The van der Waals surface area contributed by atoms with Crippen LogP contribution in [-0.2, 0) is 45.3 Å². The van der Waals surface area contributed by atoms with Crippen LogP contribution in [0.3, 0.4) is 0 Å². The summed E-state index contributed by atoms with van der Waals surface area (Å²) in [6, 6.07) is 0. The maximum absolute atomic E-state index is 9.53. The van der Waals surface area contributed by atoms with Crippen LogP contribution in [0.1, 0.15) is 0 Å². The van der Waals surface area contributed by atoms with Gasteiger partial charge in [-0.2, -0.15) is 0 Å². The molecular formula is H4Cr2O8. The summed E-state index contributed by atoms with van der Waals surface area (Å²) in [6.07, 6.45) is 0. The summed E-state index contributed by atoms with van der Waals surface area (Å²) in [7, 11) is 0. The first kappa shape index (κ1) is 12.8. The van der Waals surface area contributed by atoms with Crippen molar-refractivity contribution in [1.29, 1.82) is 0 Å². The first-order valence-electron chi connectivity index (χ1n) is 1.37. The van der Waals surface area contributed by atoms with Gasteiger partial charge in [0.1, 0.15) is 0 Å². The number of hydrogen-bond acceptors (Lipinski definition) is 5. The van der Waals surface area contributed by atoms with Crippen LogP contribution < -0.4 is 0 Å². The molecule has 0 aliphatic carbocycles. The summed E-state index contributed by atoms with van der Waals surface area (Å²) >= 11 is -11.5. The Morgan fingerprint density at radius 3 is 1.10 bits per heavy atom. The fourth-order valence-electron chi connectivity index (χ4n) is 0.109. The van der Waals surface area contributed by atoms with E-state index < -0.39 is 27.2 Å². The third-order valence-corrected chi connectivity index (χ3v) is 2.92. The summed E-state index contributed by atoms with van der Waals surface area (Å²) in [5.74, 6) is 0. The van der Waals surface area contributed by atoms with Gasteiger partial charge in [0.15, 0.2) is 0 Å². The molecule has 10 heavy (non-hydrogen) atoms. The quantitative estimate of drug-likeness (QED) is 0.538. The SMILES string of the molecule is O.[O]=[Cr](=[O])([OH])[O][Cr](=[O])(=[O])[OH]. The Morgan fingerprint density at radius 2 is 1.10 bits per heavy atom. The fraction of sp³-hybridized carbons (Fsp3) is 0. The first-order chi connectivity index (χ1) is 3.71. The summed E-state index contributed by atoms with van der Waals surface area (Å²) in [6.45, 7) is 0. The van der Waals surface area contributed by atoms with E-state index in [4.69, 9.17) is 8.32 Å². The summed E-state index contributed by atoms with van der Waals surface area (Å²) < 4.78 is 56.3. The molecule has 0 aliphatic rings. The predicted molar refractivity (Wildman–Crippen MR) is 11.9 cm³/mol. The molecule has 0 bridgehead atoms. The molecule has 4 N–H and O–H groups in total. The van der Waals surface area contributed by atoms with E-state index >= 15 is 0 Å². The molecule has 0 saturated heterocycles. The van der Waals surface area contributed by atoms with Gasteiger partial charge >= 0.3 is 53.6 Å². The second kappa shape index (κ2) is 3.48. The molecule has 0 aromatic heterocycles. The molecule has 0 unspecified atom stereocenters. The second-order valence-electron chi connectivity index (χ2n) is 0.924. The Balaban J connectivity index is 0. The minimum atomic E-state index is -5.76. The van der Waals surface area contributed by atoms with Crippen molar-refractivity contribution >= 4 is 0 Å². The topological polar surface area (TPSA) is 149 Å². The van der Waals surface area contributed by atoms with E-state index in [0.717, 1.165) is 0 Å². The first-order valence-corrected chi connectivity index (χ1v) is 5.63. The van der Waals surface area contributed by atoms with Crippen molar-refractivity contribution < 1.29 is 59.1 Å². The third kappa shape index (κ3) is 11.0. The van der Waals surface area contributed by atoms with Crippen molar-refractivity contribution in [3.8, 4) is 0 Å². The van der Waals surface area contributed by atoms with E-state index in [-0.39, 0.29) is 5.48 Å².